The zero-order chi connectivity index (χ0) is 25.5. The molecule has 1 aliphatic heterocycles. The Morgan fingerprint density at radius 2 is 1.94 bits per heavy atom. The Bertz CT molecular complexity index is 1400. The Morgan fingerprint density at radius 3 is 2.57 bits per heavy atom. The Balaban J connectivity index is 1.73. The predicted octanol–water partition coefficient (Wildman–Crippen LogP) is 3.74. The Kier molecular flexibility index (Phi) is 6.27. The van der Waals surface area contributed by atoms with Crippen molar-refractivity contribution in [3.05, 3.63) is 63.7 Å². The highest BCUT2D eigenvalue weighted by atomic mass is 19.4. The van der Waals surface area contributed by atoms with Crippen LogP contribution in [-0.2, 0) is 18.0 Å². The van der Waals surface area contributed by atoms with Crippen molar-refractivity contribution < 1.29 is 18.0 Å². The molecule has 0 saturated heterocycles. The molecule has 0 fully saturated rings. The van der Waals surface area contributed by atoms with E-state index in [4.69, 9.17) is 5.73 Å². The molecule has 1 aromatic carbocycles. The number of amides is 1. The van der Waals surface area contributed by atoms with Gasteiger partial charge >= 0.3 is 6.18 Å². The van der Waals surface area contributed by atoms with E-state index in [2.05, 4.69) is 15.4 Å². The summed E-state index contributed by atoms with van der Waals surface area (Å²) in [6.45, 7) is 4.24. The van der Waals surface area contributed by atoms with Crippen LogP contribution < -0.4 is 16.6 Å². The molecule has 0 radical (unpaired) electrons. The number of pyridine rings is 1. The second kappa shape index (κ2) is 9.05. The molecule has 1 atom stereocenters. The van der Waals surface area contributed by atoms with Crippen LogP contribution in [0.25, 0.3) is 16.3 Å². The van der Waals surface area contributed by atoms with Crippen molar-refractivity contribution in [2.24, 2.45) is 7.05 Å². The van der Waals surface area contributed by atoms with Gasteiger partial charge < -0.3 is 16.0 Å². The number of aromatic nitrogens is 3. The fourth-order valence-corrected chi connectivity index (χ4v) is 4.09. The minimum absolute atomic E-state index is 0.00270. The number of aryl methyl sites for hydroxylation is 1. The first-order valence-electron chi connectivity index (χ1n) is 11.0. The van der Waals surface area contributed by atoms with Gasteiger partial charge in [-0.2, -0.15) is 18.3 Å². The third-order valence-corrected chi connectivity index (χ3v) is 6.08. The molecule has 1 amide bonds. The van der Waals surface area contributed by atoms with E-state index >= 15 is 0 Å². The van der Waals surface area contributed by atoms with Gasteiger partial charge in [-0.15, -0.1) is 0 Å². The van der Waals surface area contributed by atoms with Crippen LogP contribution in [0.3, 0.4) is 0 Å². The lowest BCUT2D eigenvalue weighted by molar-refractivity contribution is -0.137. The predicted molar refractivity (Wildman–Crippen MR) is 128 cm³/mol. The maximum absolute atomic E-state index is 13.3. The number of carbonyl (C=O) groups is 1. The molecule has 35 heavy (non-hydrogen) atoms. The number of nitrogens with zero attached hydrogens (tertiary/aromatic N) is 4. The Labute approximate surface area is 199 Å². The molecule has 1 aliphatic rings. The van der Waals surface area contributed by atoms with Crippen molar-refractivity contribution in [1.29, 1.82) is 0 Å². The van der Waals surface area contributed by atoms with Crippen LogP contribution in [0.1, 0.15) is 43.1 Å². The normalized spacial score (nSPS) is 15.1. The highest BCUT2D eigenvalue weighted by Crippen LogP contribution is 2.34. The molecule has 0 unspecified atom stereocenters. The average molecular weight is 486 g/mol. The number of rotatable bonds is 4. The molecule has 3 N–H and O–H groups in total. The van der Waals surface area contributed by atoms with Crippen molar-refractivity contribution in [1.82, 2.24) is 19.7 Å². The maximum atomic E-state index is 13.3. The van der Waals surface area contributed by atoms with Gasteiger partial charge in [-0.3, -0.25) is 14.6 Å². The van der Waals surface area contributed by atoms with Crippen LogP contribution in [0.15, 0.2) is 41.3 Å². The van der Waals surface area contributed by atoms with Crippen molar-refractivity contribution >= 4 is 33.8 Å². The molecule has 2 aromatic heterocycles. The zero-order valence-corrected chi connectivity index (χ0v) is 19.5. The van der Waals surface area contributed by atoms with Crippen LogP contribution in [0.5, 0.6) is 0 Å². The van der Waals surface area contributed by atoms with E-state index in [0.717, 1.165) is 22.4 Å². The van der Waals surface area contributed by atoms with Gasteiger partial charge in [0.05, 0.1) is 22.7 Å². The summed E-state index contributed by atoms with van der Waals surface area (Å²) in [6, 6.07) is 4.55. The third-order valence-electron chi connectivity index (χ3n) is 6.08. The van der Waals surface area contributed by atoms with E-state index in [-0.39, 0.29) is 17.2 Å². The van der Waals surface area contributed by atoms with E-state index in [1.807, 2.05) is 6.08 Å². The quantitative estimate of drug-likeness (QED) is 0.545. The van der Waals surface area contributed by atoms with E-state index in [1.165, 1.54) is 26.2 Å². The van der Waals surface area contributed by atoms with Crippen molar-refractivity contribution in [3.8, 4) is 0 Å². The maximum Gasteiger partial charge on any atom is 0.416 e. The lowest BCUT2D eigenvalue weighted by Gasteiger charge is -2.25. The third kappa shape index (κ3) is 4.98. The molecule has 11 heteroatoms. The Morgan fingerprint density at radius 1 is 1.20 bits per heavy atom. The van der Waals surface area contributed by atoms with E-state index < -0.39 is 17.8 Å². The smallest absolute Gasteiger partial charge is 0.399 e. The molecule has 0 saturated carbocycles. The number of anilines is 2. The number of nitrogens with one attached hydrogen (secondary N) is 1. The summed E-state index contributed by atoms with van der Waals surface area (Å²) >= 11 is 0. The first kappa shape index (κ1) is 24.2. The van der Waals surface area contributed by atoms with E-state index in [0.29, 0.717) is 47.4 Å². The van der Waals surface area contributed by atoms with Gasteiger partial charge in [0, 0.05) is 44.3 Å². The van der Waals surface area contributed by atoms with Crippen LogP contribution in [0, 0.1) is 0 Å². The highest BCUT2D eigenvalue weighted by molar-refractivity contribution is 5.92. The molecule has 4 rings (SSSR count). The molecule has 0 spiro atoms. The van der Waals surface area contributed by atoms with Gasteiger partial charge in [-0.25, -0.2) is 4.68 Å². The fourth-order valence-electron chi connectivity index (χ4n) is 4.09. The molecule has 0 aliphatic carbocycles. The van der Waals surface area contributed by atoms with Crippen LogP contribution >= 0.6 is 0 Å². The Hall–Kier alpha value is -3.89. The van der Waals surface area contributed by atoms with Crippen LogP contribution in [0.2, 0.25) is 0 Å². The lowest BCUT2D eigenvalue weighted by Crippen LogP contribution is -2.32. The number of fused-ring (bicyclic) bond motifs is 1. The standard InChI is InChI=1S/C24H25F3N6O2/c1-13(16-8-17(24(25,26)27)10-18(28)9-16)30-22-19-11-21(15-4-6-33(7-5-15)14(2)34)29-12-20(19)23(35)32(3)31-22/h4,8-13H,5-7,28H2,1-3H3,(H,30,31)/t13-/m1/s1. The second-order valence-electron chi connectivity index (χ2n) is 8.59. The van der Waals surface area contributed by atoms with Crippen LogP contribution in [0.4, 0.5) is 24.7 Å². The van der Waals surface area contributed by atoms with Crippen molar-refractivity contribution in [2.45, 2.75) is 32.5 Å². The average Bonchev–Trinajstić information content (AvgIpc) is 2.81. The minimum Gasteiger partial charge on any atom is -0.399 e. The molecule has 3 aromatic rings. The largest absolute Gasteiger partial charge is 0.416 e. The fraction of sp³-hybridized carbons (Fsp3) is 0.333. The first-order chi connectivity index (χ1) is 16.4. The van der Waals surface area contributed by atoms with Gasteiger partial charge in [0.15, 0.2) is 5.82 Å². The van der Waals surface area contributed by atoms with E-state index in [9.17, 15) is 22.8 Å². The first-order valence-corrected chi connectivity index (χ1v) is 11.0. The van der Waals surface area contributed by atoms with Gasteiger partial charge in [0.1, 0.15) is 0 Å². The monoisotopic (exact) mass is 486 g/mol. The lowest BCUT2D eigenvalue weighted by atomic mass is 10.0. The van der Waals surface area contributed by atoms with Crippen LogP contribution in [-0.4, -0.2) is 38.7 Å². The summed E-state index contributed by atoms with van der Waals surface area (Å²) in [5, 5.41) is 8.28. The van der Waals surface area contributed by atoms with Gasteiger partial charge in [0.25, 0.3) is 5.56 Å². The molecule has 3 heterocycles. The molecule has 184 valence electrons. The molecular formula is C24H25F3N6O2. The van der Waals surface area contributed by atoms with Crippen molar-refractivity contribution in [2.75, 3.05) is 24.1 Å². The number of alkyl halides is 3. The number of nitrogen functional groups attached to an aromatic ring is 1. The number of halogens is 3. The van der Waals surface area contributed by atoms with Gasteiger partial charge in [-0.05, 0) is 48.7 Å². The number of carbonyl (C=O) groups excluding carboxylic acids is 1. The topological polar surface area (TPSA) is 106 Å². The second-order valence-corrected chi connectivity index (χ2v) is 8.59. The van der Waals surface area contributed by atoms with E-state index in [1.54, 1.807) is 17.9 Å². The van der Waals surface area contributed by atoms with Crippen molar-refractivity contribution in [3.63, 3.8) is 0 Å². The van der Waals surface area contributed by atoms with Gasteiger partial charge in [-0.1, -0.05) is 6.08 Å². The summed E-state index contributed by atoms with van der Waals surface area (Å²) in [6.07, 6.45) is -0.517. The SMILES string of the molecule is CC(=O)N1CC=C(c2cc3c(N[C@H](C)c4cc(N)cc(C(F)(F)F)c4)nn(C)c(=O)c3cn2)CC1. The summed E-state index contributed by atoms with van der Waals surface area (Å²) in [5.74, 6) is 0.325. The van der Waals surface area contributed by atoms with Gasteiger partial charge in [0.2, 0.25) is 5.91 Å². The number of nitrogens with two attached hydrogens (primary N) is 1. The minimum atomic E-state index is -4.53. The summed E-state index contributed by atoms with van der Waals surface area (Å²) in [4.78, 5) is 30.4. The summed E-state index contributed by atoms with van der Waals surface area (Å²) in [7, 11) is 1.49. The summed E-state index contributed by atoms with van der Waals surface area (Å²) < 4.78 is 41.0. The molecular weight excluding hydrogens is 461 g/mol. The number of benzene rings is 1. The number of hydrogen-bond donors (Lipinski definition) is 2. The summed E-state index contributed by atoms with van der Waals surface area (Å²) in [5.41, 5.74) is 6.45. The zero-order valence-electron chi connectivity index (χ0n) is 19.5. The molecule has 8 nitrogen and oxygen atoms in total. The number of hydrogen-bond acceptors (Lipinski definition) is 6. The molecule has 0 bridgehead atoms. The highest BCUT2D eigenvalue weighted by Gasteiger charge is 2.31.